The molecule has 0 aromatic heterocycles. The quantitative estimate of drug-likeness (QED) is 0.539. The van der Waals surface area contributed by atoms with Gasteiger partial charge in [-0.05, 0) is 41.3 Å². The average molecular weight is 371 g/mol. The second-order valence-electron chi connectivity index (χ2n) is 6.51. The van der Waals surface area contributed by atoms with Gasteiger partial charge >= 0.3 is 0 Å². The summed E-state index contributed by atoms with van der Waals surface area (Å²) in [5.41, 5.74) is 3.05. The largest absolute Gasteiger partial charge is 0.494 e. The van der Waals surface area contributed by atoms with E-state index in [4.69, 9.17) is 4.74 Å². The molecule has 1 N–H and O–H groups in total. The van der Waals surface area contributed by atoms with Crippen LogP contribution in [0, 0.1) is 0 Å². The molecule has 3 aromatic rings. The molecule has 142 valence electrons. The van der Waals surface area contributed by atoms with Crippen molar-refractivity contribution in [3.05, 3.63) is 108 Å². The van der Waals surface area contributed by atoms with Gasteiger partial charge in [-0.2, -0.15) is 0 Å². The van der Waals surface area contributed by atoms with E-state index in [1.165, 1.54) is 0 Å². The van der Waals surface area contributed by atoms with Crippen LogP contribution in [-0.2, 0) is 4.79 Å². The molecule has 0 aliphatic heterocycles. The number of nitrogens with one attached hydrogen (secondary N) is 1. The Kier molecular flexibility index (Phi) is 7.02. The lowest BCUT2D eigenvalue weighted by molar-refractivity contribution is -0.116. The van der Waals surface area contributed by atoms with Crippen LogP contribution in [0.5, 0.6) is 5.75 Å². The summed E-state index contributed by atoms with van der Waals surface area (Å²) in [7, 11) is 0. The van der Waals surface area contributed by atoms with Crippen molar-refractivity contribution in [3.8, 4) is 5.75 Å². The van der Waals surface area contributed by atoms with Crippen molar-refractivity contribution >= 4 is 12.0 Å². The first kappa shape index (κ1) is 19.4. The Bertz CT molecular complexity index is 847. The highest BCUT2D eigenvalue weighted by molar-refractivity contribution is 5.92. The van der Waals surface area contributed by atoms with Crippen LogP contribution in [-0.4, -0.2) is 12.5 Å². The third-order valence-electron chi connectivity index (χ3n) is 4.33. The fourth-order valence-electron chi connectivity index (χ4n) is 2.91. The Morgan fingerprint density at radius 1 is 0.893 bits per heavy atom. The molecule has 28 heavy (non-hydrogen) atoms. The molecule has 1 amide bonds. The lowest BCUT2D eigenvalue weighted by Gasteiger charge is -2.19. The molecule has 0 bridgehead atoms. The Hall–Kier alpha value is -3.33. The molecule has 0 spiro atoms. The minimum Gasteiger partial charge on any atom is -0.494 e. The van der Waals surface area contributed by atoms with Crippen molar-refractivity contribution in [2.24, 2.45) is 0 Å². The first-order valence-corrected chi connectivity index (χ1v) is 9.57. The van der Waals surface area contributed by atoms with Crippen molar-refractivity contribution in [2.75, 3.05) is 6.61 Å². The molecular formula is C25H25NO2. The van der Waals surface area contributed by atoms with Crippen LogP contribution in [0.3, 0.4) is 0 Å². The maximum Gasteiger partial charge on any atom is 0.244 e. The summed E-state index contributed by atoms with van der Waals surface area (Å²) < 4.78 is 5.58. The highest BCUT2D eigenvalue weighted by Gasteiger charge is 2.15. The maximum absolute atomic E-state index is 12.6. The third-order valence-corrected chi connectivity index (χ3v) is 4.33. The van der Waals surface area contributed by atoms with E-state index in [2.05, 4.69) is 12.2 Å². The number of rotatable bonds is 8. The van der Waals surface area contributed by atoms with Crippen LogP contribution < -0.4 is 10.1 Å². The molecule has 0 heterocycles. The molecule has 3 heteroatoms. The van der Waals surface area contributed by atoms with Gasteiger partial charge in [0.2, 0.25) is 5.91 Å². The van der Waals surface area contributed by atoms with Crippen LogP contribution in [0.25, 0.3) is 6.08 Å². The third kappa shape index (κ3) is 5.58. The maximum atomic E-state index is 12.6. The number of benzene rings is 3. The molecule has 0 saturated heterocycles. The molecule has 0 unspecified atom stereocenters. The SMILES string of the molecule is CCCOc1ccc(C=CC(=O)NC(c2ccccc2)c2ccccc2)cc1. The molecular weight excluding hydrogens is 346 g/mol. The van der Waals surface area contributed by atoms with Gasteiger partial charge in [0, 0.05) is 6.08 Å². The van der Waals surface area contributed by atoms with Crippen LogP contribution in [0.2, 0.25) is 0 Å². The summed E-state index contributed by atoms with van der Waals surface area (Å²) in [6.07, 6.45) is 4.36. The number of hydrogen-bond acceptors (Lipinski definition) is 2. The fraction of sp³-hybridized carbons (Fsp3) is 0.160. The summed E-state index contributed by atoms with van der Waals surface area (Å²) in [5.74, 6) is 0.709. The van der Waals surface area contributed by atoms with Crippen molar-refractivity contribution in [1.82, 2.24) is 5.32 Å². The van der Waals surface area contributed by atoms with E-state index in [1.54, 1.807) is 6.08 Å². The number of amides is 1. The van der Waals surface area contributed by atoms with E-state index < -0.39 is 0 Å². The Morgan fingerprint density at radius 2 is 1.46 bits per heavy atom. The molecule has 3 nitrogen and oxygen atoms in total. The predicted molar refractivity (Wildman–Crippen MR) is 114 cm³/mol. The van der Waals surface area contributed by atoms with Gasteiger partial charge in [-0.25, -0.2) is 0 Å². The topological polar surface area (TPSA) is 38.3 Å². The fourth-order valence-corrected chi connectivity index (χ4v) is 2.91. The molecule has 0 aliphatic rings. The molecule has 3 rings (SSSR count). The molecule has 0 saturated carbocycles. The van der Waals surface area contributed by atoms with E-state index in [-0.39, 0.29) is 11.9 Å². The zero-order chi connectivity index (χ0) is 19.6. The van der Waals surface area contributed by atoms with E-state index in [0.717, 1.165) is 28.9 Å². The van der Waals surface area contributed by atoms with Crippen molar-refractivity contribution in [1.29, 1.82) is 0 Å². The Labute approximate surface area is 166 Å². The monoisotopic (exact) mass is 371 g/mol. The van der Waals surface area contributed by atoms with Crippen LogP contribution >= 0.6 is 0 Å². The van der Waals surface area contributed by atoms with Gasteiger partial charge < -0.3 is 10.1 Å². The number of ether oxygens (including phenoxy) is 1. The standard InChI is InChI=1S/C25H25NO2/c1-2-19-28-23-16-13-20(14-17-23)15-18-24(27)26-25(21-9-5-3-6-10-21)22-11-7-4-8-12-22/h3-18,25H,2,19H2,1H3,(H,26,27). The molecule has 0 atom stereocenters. The lowest BCUT2D eigenvalue weighted by atomic mass is 9.98. The van der Waals surface area contributed by atoms with Crippen molar-refractivity contribution in [3.63, 3.8) is 0 Å². The van der Waals surface area contributed by atoms with Gasteiger partial charge in [0.15, 0.2) is 0 Å². The number of hydrogen-bond donors (Lipinski definition) is 1. The highest BCUT2D eigenvalue weighted by atomic mass is 16.5. The second-order valence-corrected chi connectivity index (χ2v) is 6.51. The van der Waals surface area contributed by atoms with E-state index in [9.17, 15) is 4.79 Å². The van der Waals surface area contributed by atoms with Crippen LogP contribution in [0.15, 0.2) is 91.0 Å². The summed E-state index contributed by atoms with van der Waals surface area (Å²) in [6.45, 7) is 2.78. The van der Waals surface area contributed by atoms with E-state index in [1.807, 2.05) is 91.0 Å². The Balaban J connectivity index is 1.69. The summed E-state index contributed by atoms with van der Waals surface area (Å²) in [4.78, 5) is 12.6. The van der Waals surface area contributed by atoms with Crippen molar-refractivity contribution in [2.45, 2.75) is 19.4 Å². The van der Waals surface area contributed by atoms with E-state index in [0.29, 0.717) is 6.61 Å². The zero-order valence-electron chi connectivity index (χ0n) is 16.0. The molecule has 0 aliphatic carbocycles. The van der Waals surface area contributed by atoms with Gasteiger partial charge in [-0.15, -0.1) is 0 Å². The molecule has 3 aromatic carbocycles. The summed E-state index contributed by atoms with van der Waals surface area (Å²) in [5, 5.41) is 3.11. The number of carbonyl (C=O) groups is 1. The summed E-state index contributed by atoms with van der Waals surface area (Å²) in [6, 6.07) is 27.5. The zero-order valence-corrected chi connectivity index (χ0v) is 16.0. The van der Waals surface area contributed by atoms with E-state index >= 15 is 0 Å². The average Bonchev–Trinajstić information content (AvgIpc) is 2.76. The van der Waals surface area contributed by atoms with Gasteiger partial charge in [-0.1, -0.05) is 79.7 Å². The second kappa shape index (κ2) is 10.1. The summed E-state index contributed by atoms with van der Waals surface area (Å²) >= 11 is 0. The van der Waals surface area contributed by atoms with Gasteiger partial charge in [0.25, 0.3) is 0 Å². The lowest BCUT2D eigenvalue weighted by Crippen LogP contribution is -2.27. The van der Waals surface area contributed by atoms with Crippen LogP contribution in [0.1, 0.15) is 36.1 Å². The van der Waals surface area contributed by atoms with Gasteiger partial charge in [-0.3, -0.25) is 4.79 Å². The van der Waals surface area contributed by atoms with Crippen molar-refractivity contribution < 1.29 is 9.53 Å². The Morgan fingerprint density at radius 3 is 2.00 bits per heavy atom. The normalized spacial score (nSPS) is 10.9. The molecule has 0 radical (unpaired) electrons. The smallest absolute Gasteiger partial charge is 0.244 e. The molecule has 0 fully saturated rings. The number of carbonyl (C=O) groups excluding carboxylic acids is 1. The minimum absolute atomic E-state index is 0.135. The first-order chi connectivity index (χ1) is 13.8. The minimum atomic E-state index is -0.190. The van der Waals surface area contributed by atoms with Gasteiger partial charge in [0.1, 0.15) is 5.75 Å². The predicted octanol–water partition coefficient (Wildman–Crippen LogP) is 5.39. The van der Waals surface area contributed by atoms with Crippen LogP contribution in [0.4, 0.5) is 0 Å². The van der Waals surface area contributed by atoms with Gasteiger partial charge in [0.05, 0.1) is 12.6 Å². The first-order valence-electron chi connectivity index (χ1n) is 9.57. The highest BCUT2D eigenvalue weighted by Crippen LogP contribution is 2.21.